The van der Waals surface area contributed by atoms with Gasteiger partial charge >= 0.3 is 0 Å². The number of rotatable bonds is 5. The van der Waals surface area contributed by atoms with Crippen LogP contribution in [0.3, 0.4) is 0 Å². The summed E-state index contributed by atoms with van der Waals surface area (Å²) in [4.78, 5) is 0.223. The molecule has 0 atom stereocenters. The molecule has 0 unspecified atom stereocenters. The summed E-state index contributed by atoms with van der Waals surface area (Å²) in [5.41, 5.74) is 4.40. The zero-order chi connectivity index (χ0) is 13.6. The highest BCUT2D eigenvalue weighted by Gasteiger charge is 2.13. The molecule has 0 aliphatic heterocycles. The molecule has 0 heterocycles. The van der Waals surface area contributed by atoms with Crippen molar-refractivity contribution in [2.45, 2.75) is 25.2 Å². The molecule has 0 saturated carbocycles. The van der Waals surface area contributed by atoms with Crippen LogP contribution in [0.25, 0.3) is 0 Å². The first-order chi connectivity index (χ1) is 8.45. The van der Waals surface area contributed by atoms with E-state index in [9.17, 15) is 8.42 Å². The third-order valence-corrected chi connectivity index (χ3v) is 3.84. The zero-order valence-corrected chi connectivity index (χ0v) is 11.2. The minimum absolute atomic E-state index is 0.00164. The third-order valence-electron chi connectivity index (χ3n) is 2.10. The maximum absolute atomic E-state index is 11.8. The van der Waals surface area contributed by atoms with Crippen LogP contribution in [0.5, 0.6) is 0 Å². The minimum atomic E-state index is -3.36. The lowest BCUT2D eigenvalue weighted by Crippen LogP contribution is -2.06. The smallest absolute Gasteiger partial charge is 0.179 e. The van der Waals surface area contributed by atoms with E-state index in [2.05, 4.69) is 10.5 Å². The molecular formula is C12H15N3O2S. The van der Waals surface area contributed by atoms with Crippen molar-refractivity contribution in [2.24, 2.45) is 5.10 Å². The molecule has 0 aliphatic rings. The molecule has 1 aromatic carbocycles. The predicted octanol–water partition coefficient (Wildman–Crippen LogP) is 2.18. The number of nitrogens with zero attached hydrogens (tertiary/aromatic N) is 2. The monoisotopic (exact) mass is 265 g/mol. The molecule has 18 heavy (non-hydrogen) atoms. The molecule has 0 aromatic heterocycles. The molecule has 0 saturated heterocycles. The average Bonchev–Trinajstić information content (AvgIpc) is 2.34. The molecule has 0 spiro atoms. The summed E-state index contributed by atoms with van der Waals surface area (Å²) < 4.78 is 23.5. The van der Waals surface area contributed by atoms with E-state index in [1.165, 1.54) is 12.1 Å². The molecule has 1 rings (SSSR count). The SMILES string of the molecule is CC(C)=NNc1ccc(S(=O)(=O)CCC#N)cc1. The fourth-order valence-corrected chi connectivity index (χ4v) is 2.36. The normalized spacial score (nSPS) is 10.5. The Balaban J connectivity index is 2.83. The Labute approximate surface area is 107 Å². The van der Waals surface area contributed by atoms with Gasteiger partial charge in [-0.25, -0.2) is 8.42 Å². The van der Waals surface area contributed by atoms with E-state index in [0.717, 1.165) is 11.4 Å². The van der Waals surface area contributed by atoms with Crippen LogP contribution in [0.15, 0.2) is 34.3 Å². The number of hydrogen-bond donors (Lipinski definition) is 1. The molecule has 96 valence electrons. The minimum Gasteiger partial charge on any atom is -0.279 e. The quantitative estimate of drug-likeness (QED) is 0.653. The van der Waals surface area contributed by atoms with Gasteiger partial charge in [0.1, 0.15) is 0 Å². The van der Waals surface area contributed by atoms with E-state index in [0.29, 0.717) is 0 Å². The molecule has 1 aromatic rings. The lowest BCUT2D eigenvalue weighted by atomic mass is 10.3. The maximum atomic E-state index is 11.8. The van der Waals surface area contributed by atoms with Crippen molar-refractivity contribution in [3.05, 3.63) is 24.3 Å². The Morgan fingerprint density at radius 2 is 1.94 bits per heavy atom. The summed E-state index contributed by atoms with van der Waals surface area (Å²) in [5, 5.41) is 12.4. The molecular weight excluding hydrogens is 250 g/mol. The van der Waals surface area contributed by atoms with Crippen LogP contribution in [-0.2, 0) is 9.84 Å². The number of sulfone groups is 1. The van der Waals surface area contributed by atoms with Crippen molar-refractivity contribution in [3.63, 3.8) is 0 Å². The topological polar surface area (TPSA) is 82.3 Å². The fourth-order valence-electron chi connectivity index (χ4n) is 1.21. The summed E-state index contributed by atoms with van der Waals surface area (Å²) in [6.07, 6.45) is 0.00164. The standard InChI is InChI=1S/C12H15N3O2S/c1-10(2)14-15-11-4-6-12(7-5-11)18(16,17)9-3-8-13/h4-7,15H,3,9H2,1-2H3. The zero-order valence-electron chi connectivity index (χ0n) is 10.3. The highest BCUT2D eigenvalue weighted by Crippen LogP contribution is 2.16. The summed E-state index contributed by atoms with van der Waals surface area (Å²) in [5.74, 6) is -0.150. The van der Waals surface area contributed by atoms with E-state index in [-0.39, 0.29) is 17.1 Å². The summed E-state index contributed by atoms with van der Waals surface area (Å²) in [7, 11) is -3.36. The molecule has 5 nitrogen and oxygen atoms in total. The van der Waals surface area contributed by atoms with E-state index in [1.54, 1.807) is 12.1 Å². The van der Waals surface area contributed by atoms with Gasteiger partial charge in [0.05, 0.1) is 22.4 Å². The van der Waals surface area contributed by atoms with Gasteiger partial charge in [-0.3, -0.25) is 5.43 Å². The number of hydrogen-bond acceptors (Lipinski definition) is 5. The van der Waals surface area contributed by atoms with Crippen molar-refractivity contribution in [3.8, 4) is 6.07 Å². The number of anilines is 1. The maximum Gasteiger partial charge on any atom is 0.179 e. The molecule has 6 heteroatoms. The lowest BCUT2D eigenvalue weighted by molar-refractivity contribution is 0.596. The third kappa shape index (κ3) is 4.18. The Morgan fingerprint density at radius 3 is 2.44 bits per heavy atom. The van der Waals surface area contributed by atoms with Crippen LogP contribution in [0.4, 0.5) is 5.69 Å². The van der Waals surface area contributed by atoms with E-state index in [4.69, 9.17) is 5.26 Å². The second-order valence-electron chi connectivity index (χ2n) is 3.92. The first-order valence-electron chi connectivity index (χ1n) is 5.42. The van der Waals surface area contributed by atoms with Crippen molar-refractivity contribution < 1.29 is 8.42 Å². The van der Waals surface area contributed by atoms with Crippen molar-refractivity contribution >= 4 is 21.2 Å². The summed E-state index contributed by atoms with van der Waals surface area (Å²) in [6.45, 7) is 3.71. The van der Waals surface area contributed by atoms with Crippen LogP contribution in [0.1, 0.15) is 20.3 Å². The highest BCUT2D eigenvalue weighted by atomic mass is 32.2. The van der Waals surface area contributed by atoms with Gasteiger partial charge in [0.25, 0.3) is 0 Å². The second kappa shape index (κ2) is 6.17. The number of nitriles is 1. The number of hydrazone groups is 1. The van der Waals surface area contributed by atoms with Crippen LogP contribution in [-0.4, -0.2) is 19.9 Å². The van der Waals surface area contributed by atoms with Crippen molar-refractivity contribution in [1.82, 2.24) is 0 Å². The van der Waals surface area contributed by atoms with Crippen LogP contribution in [0, 0.1) is 11.3 Å². The molecule has 0 amide bonds. The first kappa shape index (κ1) is 14.2. The fraction of sp³-hybridized carbons (Fsp3) is 0.333. The van der Waals surface area contributed by atoms with Gasteiger partial charge in [-0.15, -0.1) is 0 Å². The average molecular weight is 265 g/mol. The molecule has 0 fully saturated rings. The van der Waals surface area contributed by atoms with Gasteiger partial charge in [-0.2, -0.15) is 10.4 Å². The number of nitrogens with one attached hydrogen (secondary N) is 1. The van der Waals surface area contributed by atoms with Gasteiger partial charge in [0.2, 0.25) is 0 Å². The van der Waals surface area contributed by atoms with Gasteiger partial charge in [0.15, 0.2) is 9.84 Å². The van der Waals surface area contributed by atoms with Crippen molar-refractivity contribution in [1.29, 1.82) is 5.26 Å². The Bertz CT molecular complexity index is 564. The molecule has 0 radical (unpaired) electrons. The van der Waals surface area contributed by atoms with Crippen LogP contribution >= 0.6 is 0 Å². The lowest BCUT2D eigenvalue weighted by Gasteiger charge is -2.04. The predicted molar refractivity (Wildman–Crippen MR) is 71.1 cm³/mol. The summed E-state index contributed by atoms with van der Waals surface area (Å²) in [6, 6.07) is 8.14. The molecule has 1 N–H and O–H groups in total. The Kier molecular flexibility index (Phi) is 4.86. The van der Waals surface area contributed by atoms with E-state index in [1.807, 2.05) is 19.9 Å². The van der Waals surface area contributed by atoms with Crippen molar-refractivity contribution in [2.75, 3.05) is 11.2 Å². The Morgan fingerprint density at radius 1 is 1.33 bits per heavy atom. The summed E-state index contributed by atoms with van der Waals surface area (Å²) >= 11 is 0. The largest absolute Gasteiger partial charge is 0.279 e. The van der Waals surface area contributed by atoms with E-state index < -0.39 is 9.84 Å². The van der Waals surface area contributed by atoms with Gasteiger partial charge in [-0.05, 0) is 38.1 Å². The Hall–Kier alpha value is -1.87. The highest BCUT2D eigenvalue weighted by molar-refractivity contribution is 7.91. The van der Waals surface area contributed by atoms with E-state index >= 15 is 0 Å². The number of benzene rings is 1. The van der Waals surface area contributed by atoms with Gasteiger partial charge in [-0.1, -0.05) is 0 Å². The van der Waals surface area contributed by atoms with Gasteiger partial charge < -0.3 is 0 Å². The van der Waals surface area contributed by atoms with Gasteiger partial charge in [0, 0.05) is 12.1 Å². The first-order valence-corrected chi connectivity index (χ1v) is 7.07. The molecule has 0 bridgehead atoms. The van der Waals surface area contributed by atoms with Crippen LogP contribution < -0.4 is 5.43 Å². The molecule has 0 aliphatic carbocycles. The second-order valence-corrected chi connectivity index (χ2v) is 6.03. The van der Waals surface area contributed by atoms with Crippen LogP contribution in [0.2, 0.25) is 0 Å².